The van der Waals surface area contributed by atoms with Gasteiger partial charge in [0.15, 0.2) is 42.6 Å². The number of carbonyl (C=O) groups excluding carboxylic acids is 1. The summed E-state index contributed by atoms with van der Waals surface area (Å²) in [4.78, 5) is 17.2. The standard InChI is InChI=1S/C24H21N4O/c1-18-7-5-6-10-20(18)16-27-13-14-28-22-11-12-26(15-19-8-3-2-4-9-19)17-21(22)23(29)25-24(27)28/h2-14,17H,15-16H2,1H3/q+3. The molecule has 2 aliphatic rings. The first-order valence-electron chi connectivity index (χ1n) is 9.68. The van der Waals surface area contributed by atoms with Gasteiger partial charge in [-0.2, -0.15) is 4.57 Å². The number of aromatic nitrogens is 1. The van der Waals surface area contributed by atoms with Crippen molar-refractivity contribution in [2.24, 2.45) is 4.99 Å². The number of nitrogens with zero attached hydrogens (tertiary/aromatic N) is 4. The zero-order chi connectivity index (χ0) is 19.8. The molecule has 0 spiro atoms. The van der Waals surface area contributed by atoms with Crippen LogP contribution in [0.5, 0.6) is 0 Å². The monoisotopic (exact) mass is 381 g/mol. The van der Waals surface area contributed by atoms with Gasteiger partial charge in [0.1, 0.15) is 11.5 Å². The second-order valence-electron chi connectivity index (χ2n) is 7.34. The van der Waals surface area contributed by atoms with E-state index in [0.29, 0.717) is 24.6 Å². The molecule has 5 heteroatoms. The number of pyridine rings is 1. The quantitative estimate of drug-likeness (QED) is 0.641. The van der Waals surface area contributed by atoms with Crippen molar-refractivity contribution < 1.29 is 18.5 Å². The lowest BCUT2D eigenvalue weighted by molar-refractivity contribution is -0.688. The molecule has 0 bridgehead atoms. The maximum Gasteiger partial charge on any atom is 0.591 e. The van der Waals surface area contributed by atoms with Gasteiger partial charge in [0.25, 0.3) is 0 Å². The zero-order valence-corrected chi connectivity index (χ0v) is 16.2. The highest BCUT2D eigenvalue weighted by Gasteiger charge is 2.45. The molecule has 29 heavy (non-hydrogen) atoms. The molecule has 3 aromatic rings. The van der Waals surface area contributed by atoms with Crippen molar-refractivity contribution in [2.45, 2.75) is 20.0 Å². The first-order chi connectivity index (χ1) is 14.2. The minimum absolute atomic E-state index is 0.202. The fraction of sp³-hybridized carbons (Fsp3) is 0.125. The molecular formula is C24H21N4O+3. The average molecular weight is 381 g/mol. The fourth-order valence-electron chi connectivity index (χ4n) is 3.77. The summed E-state index contributed by atoms with van der Waals surface area (Å²) in [5.74, 6) is 0.457. The van der Waals surface area contributed by atoms with Crippen molar-refractivity contribution in [3.8, 4) is 0 Å². The lowest BCUT2D eigenvalue weighted by atomic mass is 10.1. The molecule has 2 aromatic carbocycles. The van der Waals surface area contributed by atoms with Crippen molar-refractivity contribution >= 4 is 30.0 Å². The topological polar surface area (TPSA) is 39.3 Å². The molecule has 5 nitrogen and oxygen atoms in total. The summed E-state index contributed by atoms with van der Waals surface area (Å²) in [6.07, 6.45) is 7.87. The Morgan fingerprint density at radius 2 is 1.69 bits per heavy atom. The Labute approximate surface area is 169 Å². The molecule has 1 amide bonds. The van der Waals surface area contributed by atoms with Crippen LogP contribution in [0.2, 0.25) is 0 Å². The van der Waals surface area contributed by atoms with E-state index in [9.17, 15) is 4.79 Å². The summed E-state index contributed by atoms with van der Waals surface area (Å²) >= 11 is 0. The summed E-state index contributed by atoms with van der Waals surface area (Å²) in [5.41, 5.74) is 5.12. The number of aliphatic imine (C=N–C) groups is 1. The SMILES string of the molecule is Cc1ccccc1C[N+]1=CC=[N+]2C1=NC(=O)c1c[n+](Cc3ccccc3)ccc12. The van der Waals surface area contributed by atoms with Gasteiger partial charge in [0.05, 0.1) is 6.07 Å². The van der Waals surface area contributed by atoms with Crippen LogP contribution >= 0.6 is 0 Å². The third-order valence-corrected chi connectivity index (χ3v) is 5.36. The predicted octanol–water partition coefficient (Wildman–Crippen LogP) is 2.85. The summed E-state index contributed by atoms with van der Waals surface area (Å²) in [6.45, 7) is 3.50. The Bertz CT molecular complexity index is 1220. The zero-order valence-electron chi connectivity index (χ0n) is 16.2. The van der Waals surface area contributed by atoms with Crippen molar-refractivity contribution in [1.29, 1.82) is 0 Å². The van der Waals surface area contributed by atoms with Gasteiger partial charge in [-0.15, -0.1) is 9.15 Å². The molecule has 0 fully saturated rings. The van der Waals surface area contributed by atoms with Crippen LogP contribution in [0.1, 0.15) is 27.0 Å². The molecule has 0 radical (unpaired) electrons. The predicted molar refractivity (Wildman–Crippen MR) is 111 cm³/mol. The Hall–Kier alpha value is -3.73. The lowest BCUT2D eigenvalue weighted by Gasteiger charge is -2.07. The van der Waals surface area contributed by atoms with Crippen molar-refractivity contribution in [1.82, 2.24) is 0 Å². The second kappa shape index (κ2) is 7.02. The number of aryl methyl sites for hydroxylation is 1. The van der Waals surface area contributed by atoms with Gasteiger partial charge in [0.2, 0.25) is 0 Å². The lowest BCUT2D eigenvalue weighted by Crippen LogP contribution is -2.37. The molecule has 0 aliphatic carbocycles. The number of hydrogen-bond donors (Lipinski definition) is 0. The van der Waals surface area contributed by atoms with Crippen LogP contribution in [0.4, 0.5) is 5.69 Å². The largest absolute Gasteiger partial charge is 0.591 e. The summed E-state index contributed by atoms with van der Waals surface area (Å²) in [6, 6.07) is 20.5. The van der Waals surface area contributed by atoms with Crippen molar-refractivity contribution in [2.75, 3.05) is 0 Å². The van der Waals surface area contributed by atoms with E-state index in [2.05, 4.69) is 36.2 Å². The van der Waals surface area contributed by atoms with E-state index in [0.717, 1.165) is 5.69 Å². The Kier molecular flexibility index (Phi) is 4.21. The minimum atomic E-state index is -0.202. The molecular weight excluding hydrogens is 360 g/mol. The van der Waals surface area contributed by atoms with E-state index < -0.39 is 0 Å². The maximum absolute atomic E-state index is 12.8. The highest BCUT2D eigenvalue weighted by atomic mass is 16.1. The van der Waals surface area contributed by atoms with Crippen LogP contribution < -0.4 is 4.57 Å². The van der Waals surface area contributed by atoms with Crippen LogP contribution in [0.3, 0.4) is 0 Å². The van der Waals surface area contributed by atoms with Gasteiger partial charge in [-0.3, -0.25) is 0 Å². The van der Waals surface area contributed by atoms with Crippen LogP contribution in [-0.4, -0.2) is 33.4 Å². The van der Waals surface area contributed by atoms with Gasteiger partial charge in [-0.05, 0) is 12.5 Å². The third-order valence-electron chi connectivity index (χ3n) is 5.36. The molecule has 0 unspecified atom stereocenters. The molecule has 0 saturated heterocycles. The second-order valence-corrected chi connectivity index (χ2v) is 7.34. The first-order valence-corrected chi connectivity index (χ1v) is 9.68. The minimum Gasteiger partial charge on any atom is -0.225 e. The average Bonchev–Trinajstić information content (AvgIpc) is 3.13. The van der Waals surface area contributed by atoms with Crippen LogP contribution in [0, 0.1) is 6.92 Å². The number of amides is 1. The Morgan fingerprint density at radius 1 is 0.897 bits per heavy atom. The Morgan fingerprint density at radius 3 is 2.52 bits per heavy atom. The van der Waals surface area contributed by atoms with E-state index in [1.54, 1.807) is 0 Å². The van der Waals surface area contributed by atoms with Crippen LogP contribution in [0.15, 0.2) is 78.0 Å². The smallest absolute Gasteiger partial charge is 0.225 e. The fourth-order valence-corrected chi connectivity index (χ4v) is 3.77. The van der Waals surface area contributed by atoms with E-state index in [4.69, 9.17) is 0 Å². The first kappa shape index (κ1) is 17.4. The van der Waals surface area contributed by atoms with Crippen LogP contribution in [-0.2, 0) is 13.1 Å². The number of benzene rings is 2. The van der Waals surface area contributed by atoms with Gasteiger partial charge in [-0.25, -0.2) is 4.79 Å². The molecule has 2 aliphatic heterocycles. The van der Waals surface area contributed by atoms with Gasteiger partial charge in [-0.1, -0.05) is 54.6 Å². The van der Waals surface area contributed by atoms with Gasteiger partial charge in [0, 0.05) is 11.1 Å². The third kappa shape index (κ3) is 3.21. The number of hydrogen-bond acceptors (Lipinski definition) is 1. The van der Waals surface area contributed by atoms with E-state index in [-0.39, 0.29) is 5.91 Å². The van der Waals surface area contributed by atoms with Crippen molar-refractivity contribution in [3.63, 3.8) is 0 Å². The number of rotatable bonds is 4. The summed E-state index contributed by atoms with van der Waals surface area (Å²) < 4.78 is 6.04. The summed E-state index contributed by atoms with van der Waals surface area (Å²) in [7, 11) is 0. The molecule has 0 saturated carbocycles. The van der Waals surface area contributed by atoms with Gasteiger partial charge < -0.3 is 0 Å². The number of carbonyl (C=O) groups is 1. The highest BCUT2D eigenvalue weighted by molar-refractivity contribution is 6.18. The van der Waals surface area contributed by atoms with Crippen molar-refractivity contribution in [3.05, 3.63) is 95.3 Å². The molecule has 0 atom stereocenters. The van der Waals surface area contributed by atoms with Crippen LogP contribution in [0.25, 0.3) is 0 Å². The molecule has 1 aromatic heterocycles. The summed E-state index contributed by atoms with van der Waals surface area (Å²) in [5, 5.41) is 0. The molecule has 140 valence electrons. The molecule has 3 heterocycles. The van der Waals surface area contributed by atoms with E-state index in [1.807, 2.05) is 74.9 Å². The normalized spacial score (nSPS) is 14.7. The number of fused-ring (bicyclic) bond motifs is 3. The van der Waals surface area contributed by atoms with Gasteiger partial charge >= 0.3 is 11.9 Å². The van der Waals surface area contributed by atoms with E-state index in [1.165, 1.54) is 16.7 Å². The highest BCUT2D eigenvalue weighted by Crippen LogP contribution is 2.24. The molecule has 5 rings (SSSR count). The number of guanidine groups is 1. The van der Waals surface area contributed by atoms with E-state index >= 15 is 0 Å². The Balaban J connectivity index is 1.43. The maximum atomic E-state index is 12.8. The molecule has 0 N–H and O–H groups in total.